The summed E-state index contributed by atoms with van der Waals surface area (Å²) in [5.74, 6) is 0.727. The van der Waals surface area contributed by atoms with E-state index in [2.05, 4.69) is 27.7 Å². The molecule has 0 spiro atoms. The molecule has 0 radical (unpaired) electrons. The van der Waals surface area contributed by atoms with Gasteiger partial charge in [0.25, 0.3) is 0 Å². The summed E-state index contributed by atoms with van der Waals surface area (Å²) < 4.78 is 5.26. The number of hydrogen-bond donors (Lipinski definition) is 2. The maximum Gasteiger partial charge on any atom is 0.184 e. The van der Waals surface area contributed by atoms with Gasteiger partial charge >= 0.3 is 0 Å². The summed E-state index contributed by atoms with van der Waals surface area (Å²) in [7, 11) is 1.62. The molecule has 3 N–H and O–H groups in total. The molecule has 0 bridgehead atoms. The van der Waals surface area contributed by atoms with E-state index in [0.717, 1.165) is 16.7 Å². The molecular formula is C12H12N4OS. The molecular weight excluding hydrogens is 248 g/mol. The van der Waals surface area contributed by atoms with Gasteiger partial charge in [0.15, 0.2) is 5.11 Å². The number of rotatable bonds is 3. The van der Waals surface area contributed by atoms with Crippen LogP contribution in [0.1, 0.15) is 5.69 Å². The molecule has 18 heavy (non-hydrogen) atoms. The highest BCUT2D eigenvalue weighted by Crippen LogP contribution is 2.22. The Morgan fingerprint density at radius 3 is 3.00 bits per heavy atom. The highest BCUT2D eigenvalue weighted by molar-refractivity contribution is 7.80. The fourth-order valence-electron chi connectivity index (χ4n) is 1.53. The Labute approximate surface area is 110 Å². The molecule has 0 fully saturated rings. The first kappa shape index (κ1) is 12.3. The molecule has 1 heterocycles. The van der Waals surface area contributed by atoms with E-state index in [1.54, 1.807) is 13.3 Å². The number of para-hydroxylation sites is 1. The average molecular weight is 260 g/mol. The molecule has 0 unspecified atom stereocenters. The van der Waals surface area contributed by atoms with Gasteiger partial charge in [-0.2, -0.15) is 5.10 Å². The number of nitrogens with one attached hydrogen (secondary N) is 1. The van der Waals surface area contributed by atoms with Gasteiger partial charge in [-0.05, 0) is 24.4 Å². The fraction of sp³-hybridized carbons (Fsp3) is 0.0833. The third-order valence-corrected chi connectivity index (χ3v) is 2.39. The average Bonchev–Trinajstić information content (AvgIpc) is 2.37. The Morgan fingerprint density at radius 2 is 2.28 bits per heavy atom. The zero-order valence-corrected chi connectivity index (χ0v) is 10.6. The van der Waals surface area contributed by atoms with E-state index >= 15 is 0 Å². The number of ether oxygens (including phenoxy) is 1. The van der Waals surface area contributed by atoms with Crippen molar-refractivity contribution >= 4 is 34.4 Å². The Morgan fingerprint density at radius 1 is 1.44 bits per heavy atom. The van der Waals surface area contributed by atoms with Crippen LogP contribution in [-0.2, 0) is 0 Å². The van der Waals surface area contributed by atoms with Gasteiger partial charge in [-0.15, -0.1) is 0 Å². The van der Waals surface area contributed by atoms with Crippen LogP contribution in [0.5, 0.6) is 5.75 Å². The molecule has 0 atom stereocenters. The Balaban J connectivity index is 2.37. The van der Waals surface area contributed by atoms with Crippen LogP contribution in [-0.4, -0.2) is 23.4 Å². The second-order valence-electron chi connectivity index (χ2n) is 3.50. The zero-order chi connectivity index (χ0) is 13.0. The maximum atomic E-state index is 5.26. The topological polar surface area (TPSA) is 72.5 Å². The maximum absolute atomic E-state index is 5.26. The van der Waals surface area contributed by atoms with Crippen molar-refractivity contribution in [3.05, 3.63) is 36.0 Å². The standard InChI is InChI=1S/C12H12N4OS/c1-17-10-4-2-3-8-5-6-9(15-11(8)10)7-14-16-12(13)18/h2-7H,1H3,(H3,13,16,18)/b14-7+. The van der Waals surface area contributed by atoms with Crippen LogP contribution < -0.4 is 15.9 Å². The molecule has 2 rings (SSSR count). The Bertz CT molecular complexity index is 612. The molecule has 0 saturated carbocycles. The number of nitrogens with zero attached hydrogens (tertiary/aromatic N) is 2. The molecule has 0 aliphatic rings. The Hall–Kier alpha value is -2.21. The van der Waals surface area contributed by atoms with Gasteiger partial charge in [0, 0.05) is 5.39 Å². The smallest absolute Gasteiger partial charge is 0.184 e. The van der Waals surface area contributed by atoms with Crippen molar-refractivity contribution in [3.63, 3.8) is 0 Å². The molecule has 92 valence electrons. The molecule has 0 saturated heterocycles. The lowest BCUT2D eigenvalue weighted by molar-refractivity contribution is 0.419. The van der Waals surface area contributed by atoms with Gasteiger partial charge in [-0.25, -0.2) is 4.98 Å². The first-order valence-electron chi connectivity index (χ1n) is 5.23. The van der Waals surface area contributed by atoms with Crippen molar-refractivity contribution in [1.29, 1.82) is 0 Å². The summed E-state index contributed by atoms with van der Waals surface area (Å²) in [4.78, 5) is 4.44. The van der Waals surface area contributed by atoms with E-state index in [4.69, 9.17) is 10.5 Å². The van der Waals surface area contributed by atoms with Crippen LogP contribution >= 0.6 is 12.2 Å². The zero-order valence-electron chi connectivity index (χ0n) is 9.75. The molecule has 5 nitrogen and oxygen atoms in total. The number of pyridine rings is 1. The molecule has 6 heteroatoms. The van der Waals surface area contributed by atoms with Gasteiger partial charge < -0.3 is 10.5 Å². The molecule has 0 aliphatic heterocycles. The monoisotopic (exact) mass is 260 g/mol. The van der Waals surface area contributed by atoms with E-state index in [0.29, 0.717) is 5.69 Å². The van der Waals surface area contributed by atoms with E-state index in [1.165, 1.54) is 0 Å². The first-order chi connectivity index (χ1) is 8.70. The van der Waals surface area contributed by atoms with Crippen LogP contribution in [0.4, 0.5) is 0 Å². The van der Waals surface area contributed by atoms with Crippen molar-refractivity contribution in [3.8, 4) is 5.75 Å². The first-order valence-corrected chi connectivity index (χ1v) is 5.64. The lowest BCUT2D eigenvalue weighted by Gasteiger charge is -2.04. The SMILES string of the molecule is COc1cccc2ccc(/C=N/NC(N)=S)nc12. The predicted molar refractivity (Wildman–Crippen MR) is 75.8 cm³/mol. The highest BCUT2D eigenvalue weighted by Gasteiger charge is 2.02. The minimum absolute atomic E-state index is 0.115. The van der Waals surface area contributed by atoms with Crippen molar-refractivity contribution in [2.75, 3.05) is 7.11 Å². The fourth-order valence-corrected chi connectivity index (χ4v) is 1.59. The Kier molecular flexibility index (Phi) is 3.69. The molecule has 1 aromatic heterocycles. The number of methoxy groups -OCH3 is 1. The van der Waals surface area contributed by atoms with Crippen molar-refractivity contribution in [1.82, 2.24) is 10.4 Å². The number of thiocarbonyl (C=S) groups is 1. The molecule has 0 aliphatic carbocycles. The number of nitrogens with two attached hydrogens (primary N) is 1. The van der Waals surface area contributed by atoms with E-state index in [-0.39, 0.29) is 5.11 Å². The van der Waals surface area contributed by atoms with Gasteiger partial charge in [0.2, 0.25) is 0 Å². The van der Waals surface area contributed by atoms with Gasteiger partial charge in [-0.3, -0.25) is 5.43 Å². The van der Waals surface area contributed by atoms with Crippen molar-refractivity contribution in [2.45, 2.75) is 0 Å². The number of hydrogen-bond acceptors (Lipinski definition) is 4. The molecule has 0 amide bonds. The summed E-state index contributed by atoms with van der Waals surface area (Å²) in [5.41, 5.74) is 9.22. The lowest BCUT2D eigenvalue weighted by atomic mass is 10.2. The molecule has 1 aromatic carbocycles. The number of aromatic nitrogens is 1. The van der Waals surface area contributed by atoms with E-state index in [9.17, 15) is 0 Å². The summed E-state index contributed by atoms with van der Waals surface area (Å²) in [6, 6.07) is 9.56. The highest BCUT2D eigenvalue weighted by atomic mass is 32.1. The number of benzene rings is 1. The van der Waals surface area contributed by atoms with Crippen LogP contribution in [0.2, 0.25) is 0 Å². The van der Waals surface area contributed by atoms with E-state index < -0.39 is 0 Å². The van der Waals surface area contributed by atoms with Gasteiger partial charge in [0.05, 0.1) is 19.0 Å². The van der Waals surface area contributed by atoms with Crippen LogP contribution in [0.25, 0.3) is 10.9 Å². The predicted octanol–water partition coefficient (Wildman–Crippen LogP) is 1.41. The summed E-state index contributed by atoms with van der Waals surface area (Å²) >= 11 is 4.64. The van der Waals surface area contributed by atoms with Crippen LogP contribution in [0.3, 0.4) is 0 Å². The van der Waals surface area contributed by atoms with Crippen LogP contribution in [0.15, 0.2) is 35.4 Å². The van der Waals surface area contributed by atoms with Gasteiger partial charge in [0.1, 0.15) is 11.3 Å². The van der Waals surface area contributed by atoms with Crippen LogP contribution in [0, 0.1) is 0 Å². The third-order valence-electron chi connectivity index (χ3n) is 2.30. The number of hydrazone groups is 1. The molecule has 2 aromatic rings. The quantitative estimate of drug-likeness (QED) is 0.496. The minimum Gasteiger partial charge on any atom is -0.494 e. The van der Waals surface area contributed by atoms with Crippen molar-refractivity contribution < 1.29 is 4.74 Å². The number of fused-ring (bicyclic) bond motifs is 1. The summed E-state index contributed by atoms with van der Waals surface area (Å²) in [6.07, 6.45) is 1.55. The largest absolute Gasteiger partial charge is 0.494 e. The normalized spacial score (nSPS) is 10.7. The van der Waals surface area contributed by atoms with Crippen molar-refractivity contribution in [2.24, 2.45) is 10.8 Å². The second kappa shape index (κ2) is 5.42. The van der Waals surface area contributed by atoms with Gasteiger partial charge in [-0.1, -0.05) is 18.2 Å². The third kappa shape index (κ3) is 2.72. The minimum atomic E-state index is 0.115. The summed E-state index contributed by atoms with van der Waals surface area (Å²) in [5, 5.41) is 4.98. The summed E-state index contributed by atoms with van der Waals surface area (Å²) in [6.45, 7) is 0. The lowest BCUT2D eigenvalue weighted by Crippen LogP contribution is -2.24. The van der Waals surface area contributed by atoms with E-state index in [1.807, 2.05) is 30.3 Å². The second-order valence-corrected chi connectivity index (χ2v) is 3.94.